The first-order chi connectivity index (χ1) is 18.1. The van der Waals surface area contributed by atoms with Crippen LogP contribution in [0.15, 0.2) is 29.3 Å². The highest BCUT2D eigenvalue weighted by Gasteiger charge is 2.38. The molecular formula is C25H38F3N5O6. The Morgan fingerprint density at radius 3 is 2.21 bits per heavy atom. The molecule has 11 nitrogen and oxygen atoms in total. The lowest BCUT2D eigenvalue weighted by atomic mass is 10.1. The highest BCUT2D eigenvalue weighted by atomic mass is 19.4. The van der Waals surface area contributed by atoms with Crippen LogP contribution in [0.25, 0.3) is 0 Å². The monoisotopic (exact) mass is 561 g/mol. The number of halogens is 3. The summed E-state index contributed by atoms with van der Waals surface area (Å²) in [5, 5.41) is 22.7. The zero-order valence-electron chi connectivity index (χ0n) is 22.7. The van der Waals surface area contributed by atoms with Gasteiger partial charge in [-0.1, -0.05) is 6.07 Å². The van der Waals surface area contributed by atoms with Crippen molar-refractivity contribution in [1.82, 2.24) is 15.1 Å². The van der Waals surface area contributed by atoms with E-state index < -0.39 is 18.1 Å². The lowest BCUT2D eigenvalue weighted by Gasteiger charge is -2.36. The van der Waals surface area contributed by atoms with Crippen LogP contribution in [0.1, 0.15) is 44.5 Å². The quantitative estimate of drug-likeness (QED) is 0.203. The number of piperazine rings is 1. The van der Waals surface area contributed by atoms with E-state index in [4.69, 9.17) is 19.6 Å². The summed E-state index contributed by atoms with van der Waals surface area (Å²) in [6.07, 6.45) is -4.28. The third-order valence-electron chi connectivity index (χ3n) is 5.07. The molecule has 1 aliphatic rings. The van der Waals surface area contributed by atoms with Gasteiger partial charge in [-0.15, -0.1) is 0 Å². The lowest BCUT2D eigenvalue weighted by Crippen LogP contribution is -2.54. The van der Waals surface area contributed by atoms with Crippen molar-refractivity contribution >= 4 is 29.5 Å². The standard InChI is InChI=1S/C23H37N5O4.C2HF3O2/c1-5-32-15-7-10-24-22(25-19-9-6-8-18(16-19)21(30)31)28-13-11-27(12-14-28)17-20(29)26-23(2,3)4;3-2(4,5)1(6)7/h6,8-9,16H,5,7,10-15,17H2,1-4H3,(H,24,25)(H,26,29)(H,30,31);(H,6,7). The molecule has 1 aliphatic heterocycles. The van der Waals surface area contributed by atoms with E-state index in [0.717, 1.165) is 32.6 Å². The maximum Gasteiger partial charge on any atom is 0.490 e. The maximum absolute atomic E-state index is 12.2. The molecule has 0 radical (unpaired) electrons. The first-order valence-electron chi connectivity index (χ1n) is 12.4. The molecule has 1 aromatic rings. The van der Waals surface area contributed by atoms with Crippen LogP contribution in [0.4, 0.5) is 18.9 Å². The second-order valence-corrected chi connectivity index (χ2v) is 9.63. The van der Waals surface area contributed by atoms with Crippen LogP contribution in [0.2, 0.25) is 0 Å². The van der Waals surface area contributed by atoms with Crippen molar-refractivity contribution in [1.29, 1.82) is 0 Å². The van der Waals surface area contributed by atoms with Crippen LogP contribution in [0, 0.1) is 0 Å². The minimum absolute atomic E-state index is 0.0272. The zero-order chi connectivity index (χ0) is 29.6. The van der Waals surface area contributed by atoms with Gasteiger partial charge in [0.2, 0.25) is 5.91 Å². The number of carbonyl (C=O) groups excluding carboxylic acids is 1. The van der Waals surface area contributed by atoms with Crippen molar-refractivity contribution in [3.05, 3.63) is 29.8 Å². The minimum Gasteiger partial charge on any atom is -0.478 e. The van der Waals surface area contributed by atoms with Crippen molar-refractivity contribution in [3.8, 4) is 0 Å². The molecule has 2 rings (SSSR count). The Morgan fingerprint density at radius 1 is 1.08 bits per heavy atom. The molecular weight excluding hydrogens is 523 g/mol. The molecule has 0 atom stereocenters. The van der Waals surface area contributed by atoms with E-state index in [9.17, 15) is 27.9 Å². The first-order valence-corrected chi connectivity index (χ1v) is 12.4. The van der Waals surface area contributed by atoms with Gasteiger partial charge in [0.05, 0.1) is 12.1 Å². The lowest BCUT2D eigenvalue weighted by molar-refractivity contribution is -0.192. The second-order valence-electron chi connectivity index (χ2n) is 9.63. The summed E-state index contributed by atoms with van der Waals surface area (Å²) in [7, 11) is 0. The van der Waals surface area contributed by atoms with Gasteiger partial charge in [0.25, 0.3) is 0 Å². The fraction of sp³-hybridized carbons (Fsp3) is 0.600. The minimum atomic E-state index is -5.08. The van der Waals surface area contributed by atoms with Gasteiger partial charge in [0.15, 0.2) is 5.96 Å². The molecule has 1 fully saturated rings. The molecule has 14 heteroatoms. The van der Waals surface area contributed by atoms with Gasteiger partial charge in [-0.05, 0) is 52.3 Å². The number of aliphatic imine (C=N–C) groups is 1. The van der Waals surface area contributed by atoms with Crippen LogP contribution < -0.4 is 10.6 Å². The van der Waals surface area contributed by atoms with Crippen LogP contribution >= 0.6 is 0 Å². The van der Waals surface area contributed by atoms with Crippen LogP contribution in [0.3, 0.4) is 0 Å². The highest BCUT2D eigenvalue weighted by Crippen LogP contribution is 2.14. The number of nitrogens with one attached hydrogen (secondary N) is 2. The molecule has 0 saturated carbocycles. The Bertz CT molecular complexity index is 974. The highest BCUT2D eigenvalue weighted by molar-refractivity contribution is 5.96. The third kappa shape index (κ3) is 14.4. The molecule has 39 heavy (non-hydrogen) atoms. The van der Waals surface area contributed by atoms with E-state index in [-0.39, 0.29) is 17.0 Å². The normalized spacial score (nSPS) is 14.7. The Labute approximate surface area is 226 Å². The van der Waals surface area contributed by atoms with E-state index in [2.05, 4.69) is 20.4 Å². The van der Waals surface area contributed by atoms with Crippen molar-refractivity contribution in [3.63, 3.8) is 0 Å². The van der Waals surface area contributed by atoms with E-state index in [0.29, 0.717) is 38.0 Å². The number of ether oxygens (including phenoxy) is 1. The summed E-state index contributed by atoms with van der Waals surface area (Å²) in [5.41, 5.74) is 0.662. The number of hydrogen-bond donors (Lipinski definition) is 4. The van der Waals surface area contributed by atoms with Gasteiger partial charge in [0, 0.05) is 57.2 Å². The number of guanidine groups is 1. The van der Waals surface area contributed by atoms with Gasteiger partial charge in [-0.2, -0.15) is 13.2 Å². The Hall–Kier alpha value is -3.39. The van der Waals surface area contributed by atoms with Gasteiger partial charge in [-0.25, -0.2) is 9.59 Å². The fourth-order valence-corrected chi connectivity index (χ4v) is 3.35. The molecule has 1 heterocycles. The molecule has 0 bridgehead atoms. The summed E-state index contributed by atoms with van der Waals surface area (Å²) in [6.45, 7) is 13.1. The molecule has 1 saturated heterocycles. The Balaban J connectivity index is 0.000000956. The predicted octanol–water partition coefficient (Wildman–Crippen LogP) is 2.74. The first kappa shape index (κ1) is 33.6. The van der Waals surface area contributed by atoms with Crippen molar-refractivity contribution < 1.29 is 42.5 Å². The average Bonchev–Trinajstić information content (AvgIpc) is 2.82. The average molecular weight is 562 g/mol. The second kappa shape index (κ2) is 15.9. The van der Waals surface area contributed by atoms with Crippen LogP contribution in [0.5, 0.6) is 0 Å². The van der Waals surface area contributed by atoms with Crippen molar-refractivity contribution in [2.24, 2.45) is 4.99 Å². The van der Waals surface area contributed by atoms with Crippen LogP contribution in [-0.2, 0) is 14.3 Å². The number of carbonyl (C=O) groups is 3. The number of aromatic carboxylic acids is 1. The molecule has 0 aliphatic carbocycles. The molecule has 220 valence electrons. The molecule has 0 spiro atoms. The number of nitrogens with zero attached hydrogens (tertiary/aromatic N) is 3. The zero-order valence-corrected chi connectivity index (χ0v) is 22.7. The number of aliphatic carboxylic acids is 1. The molecule has 4 N–H and O–H groups in total. The van der Waals surface area contributed by atoms with E-state index >= 15 is 0 Å². The maximum atomic E-state index is 12.2. The van der Waals surface area contributed by atoms with E-state index in [1.54, 1.807) is 18.2 Å². The number of alkyl halides is 3. The number of benzene rings is 1. The Kier molecular flexibility index (Phi) is 13.7. The fourth-order valence-electron chi connectivity index (χ4n) is 3.35. The van der Waals surface area contributed by atoms with Gasteiger partial charge in [0.1, 0.15) is 0 Å². The van der Waals surface area contributed by atoms with Gasteiger partial charge in [-0.3, -0.25) is 14.7 Å². The molecule has 0 aromatic heterocycles. The number of hydrogen-bond acceptors (Lipinski definition) is 6. The van der Waals surface area contributed by atoms with E-state index in [1.807, 2.05) is 33.8 Å². The Morgan fingerprint density at radius 2 is 1.69 bits per heavy atom. The molecule has 1 aromatic carbocycles. The topological polar surface area (TPSA) is 144 Å². The summed E-state index contributed by atoms with van der Waals surface area (Å²) in [4.78, 5) is 41.4. The van der Waals surface area contributed by atoms with Gasteiger partial charge >= 0.3 is 18.1 Å². The smallest absolute Gasteiger partial charge is 0.478 e. The third-order valence-corrected chi connectivity index (χ3v) is 5.07. The molecule has 0 unspecified atom stereocenters. The summed E-state index contributed by atoms with van der Waals surface area (Å²) < 4.78 is 37.1. The summed E-state index contributed by atoms with van der Waals surface area (Å²) in [5.74, 6) is -2.99. The number of amides is 1. The van der Waals surface area contributed by atoms with Crippen molar-refractivity contribution in [2.45, 2.75) is 45.8 Å². The largest absolute Gasteiger partial charge is 0.490 e. The van der Waals surface area contributed by atoms with Crippen molar-refractivity contribution in [2.75, 3.05) is 57.8 Å². The SMILES string of the molecule is CCOCCCN=C(Nc1cccc(C(=O)O)c1)N1CCN(CC(=O)NC(C)(C)C)CC1.O=C(O)C(F)(F)F. The number of rotatable bonds is 9. The molecule has 1 amide bonds. The van der Waals surface area contributed by atoms with Gasteiger partial charge < -0.3 is 30.5 Å². The summed E-state index contributed by atoms with van der Waals surface area (Å²) >= 11 is 0. The number of carboxylic acids is 2. The number of carboxylic acid groups (broad SMARTS) is 2. The summed E-state index contributed by atoms with van der Waals surface area (Å²) in [6, 6.07) is 6.71. The number of anilines is 1. The predicted molar refractivity (Wildman–Crippen MR) is 140 cm³/mol. The van der Waals surface area contributed by atoms with Crippen LogP contribution in [-0.4, -0.2) is 108 Å². The van der Waals surface area contributed by atoms with E-state index in [1.165, 1.54) is 0 Å².